The van der Waals surface area contributed by atoms with E-state index in [1.165, 1.54) is 24.2 Å². The summed E-state index contributed by atoms with van der Waals surface area (Å²) in [5.74, 6) is 1.60. The van der Waals surface area contributed by atoms with Crippen LogP contribution in [0.4, 0.5) is 0 Å². The maximum atomic E-state index is 13.1. The van der Waals surface area contributed by atoms with Crippen LogP contribution in [0, 0.1) is 13.8 Å². The minimum absolute atomic E-state index is 0.104. The van der Waals surface area contributed by atoms with Crippen LogP contribution >= 0.6 is 0 Å². The third kappa shape index (κ3) is 6.69. The van der Waals surface area contributed by atoms with Crippen LogP contribution in [0.2, 0.25) is 0 Å². The maximum absolute atomic E-state index is 13.1. The molecule has 3 aromatic rings. The highest BCUT2D eigenvalue weighted by Gasteiger charge is 2.25. The second kappa shape index (κ2) is 12.3. The predicted molar refractivity (Wildman–Crippen MR) is 150 cm³/mol. The van der Waals surface area contributed by atoms with Crippen molar-refractivity contribution in [3.63, 3.8) is 0 Å². The van der Waals surface area contributed by atoms with Gasteiger partial charge in [-0.3, -0.25) is 4.79 Å². The SMILES string of the molecule is COc1cc(C)c(S(=O)(=O)N(C)CCOCC(=O)N(C)Cc2ccc(-c3cn4c(n3)CCCC4)cc2)c(C)c1. The Morgan fingerprint density at radius 2 is 1.77 bits per heavy atom. The van der Waals surface area contributed by atoms with Crippen LogP contribution in [0.15, 0.2) is 47.5 Å². The van der Waals surface area contributed by atoms with E-state index in [1.807, 2.05) is 24.3 Å². The van der Waals surface area contributed by atoms with Crippen LogP contribution in [0.3, 0.4) is 0 Å². The van der Waals surface area contributed by atoms with Crippen LogP contribution in [0.5, 0.6) is 5.75 Å². The Hall–Kier alpha value is -3.21. The summed E-state index contributed by atoms with van der Waals surface area (Å²) >= 11 is 0. The molecule has 39 heavy (non-hydrogen) atoms. The topological polar surface area (TPSA) is 94.0 Å². The zero-order valence-electron chi connectivity index (χ0n) is 23.4. The molecule has 0 bridgehead atoms. The average molecular weight is 555 g/mol. The third-order valence-corrected chi connectivity index (χ3v) is 9.28. The Labute approximate surface area is 231 Å². The zero-order chi connectivity index (χ0) is 28.2. The average Bonchev–Trinajstić information content (AvgIpc) is 3.35. The van der Waals surface area contributed by atoms with Crippen molar-refractivity contribution in [2.45, 2.75) is 51.1 Å². The Balaban J connectivity index is 1.25. The molecular weight excluding hydrogens is 516 g/mol. The number of hydrogen-bond donors (Lipinski definition) is 0. The molecule has 0 N–H and O–H groups in total. The molecule has 0 radical (unpaired) electrons. The summed E-state index contributed by atoms with van der Waals surface area (Å²) in [6.45, 7) is 5.09. The summed E-state index contributed by atoms with van der Waals surface area (Å²) < 4.78 is 40.5. The van der Waals surface area contributed by atoms with E-state index in [9.17, 15) is 13.2 Å². The summed E-state index contributed by atoms with van der Waals surface area (Å²) in [5, 5.41) is 0. The fraction of sp³-hybridized carbons (Fsp3) is 0.448. The predicted octanol–water partition coefficient (Wildman–Crippen LogP) is 3.81. The van der Waals surface area contributed by atoms with Gasteiger partial charge in [0, 0.05) is 51.9 Å². The Morgan fingerprint density at radius 1 is 1.08 bits per heavy atom. The molecule has 0 saturated carbocycles. The highest BCUT2D eigenvalue weighted by Crippen LogP contribution is 2.28. The fourth-order valence-electron chi connectivity index (χ4n) is 4.87. The van der Waals surface area contributed by atoms with Gasteiger partial charge in [-0.15, -0.1) is 0 Å². The molecule has 1 amide bonds. The van der Waals surface area contributed by atoms with Crippen molar-refractivity contribution < 1.29 is 22.7 Å². The molecule has 0 saturated heterocycles. The number of likely N-dealkylation sites (N-methyl/N-ethyl adjacent to an activating group) is 2. The van der Waals surface area contributed by atoms with Gasteiger partial charge in [0.1, 0.15) is 18.2 Å². The molecule has 2 heterocycles. The lowest BCUT2D eigenvalue weighted by Crippen LogP contribution is -2.33. The fourth-order valence-corrected chi connectivity index (χ4v) is 6.43. The third-order valence-electron chi connectivity index (χ3n) is 7.12. The Bertz CT molecular complexity index is 1370. The molecular formula is C29H38N4O5S. The highest BCUT2D eigenvalue weighted by atomic mass is 32.2. The van der Waals surface area contributed by atoms with Crippen molar-refractivity contribution in [3.05, 3.63) is 65.1 Å². The minimum atomic E-state index is -3.71. The molecule has 0 aliphatic carbocycles. The van der Waals surface area contributed by atoms with Crippen molar-refractivity contribution >= 4 is 15.9 Å². The number of carbonyl (C=O) groups excluding carboxylic acids is 1. The Kier molecular flexibility index (Phi) is 9.09. The van der Waals surface area contributed by atoms with Gasteiger partial charge in [-0.1, -0.05) is 24.3 Å². The lowest BCUT2D eigenvalue weighted by atomic mass is 10.1. The van der Waals surface area contributed by atoms with Crippen LogP contribution in [-0.4, -0.2) is 74.0 Å². The van der Waals surface area contributed by atoms with Crippen molar-refractivity contribution in [1.82, 2.24) is 18.8 Å². The lowest BCUT2D eigenvalue weighted by molar-refractivity contribution is -0.135. The number of aryl methyl sites for hydroxylation is 4. The molecule has 1 aliphatic heterocycles. The number of rotatable bonds is 11. The van der Waals surface area contributed by atoms with Crippen LogP contribution in [-0.2, 0) is 39.1 Å². The first-order valence-electron chi connectivity index (χ1n) is 13.2. The zero-order valence-corrected chi connectivity index (χ0v) is 24.3. The molecule has 1 aliphatic rings. The van der Waals surface area contributed by atoms with Crippen molar-refractivity contribution in [1.29, 1.82) is 0 Å². The number of carbonyl (C=O) groups is 1. The molecule has 2 aromatic carbocycles. The van der Waals surface area contributed by atoms with E-state index in [0.717, 1.165) is 35.6 Å². The number of amides is 1. The molecule has 0 spiro atoms. The first-order chi connectivity index (χ1) is 18.6. The first-order valence-corrected chi connectivity index (χ1v) is 14.6. The van der Waals surface area contributed by atoms with Crippen molar-refractivity contribution in [3.8, 4) is 17.0 Å². The van der Waals surface area contributed by atoms with Gasteiger partial charge >= 0.3 is 0 Å². The second-order valence-corrected chi connectivity index (χ2v) is 12.1. The van der Waals surface area contributed by atoms with Crippen LogP contribution < -0.4 is 4.74 Å². The number of methoxy groups -OCH3 is 1. The number of ether oxygens (including phenoxy) is 2. The monoisotopic (exact) mass is 554 g/mol. The van der Waals surface area contributed by atoms with Gasteiger partial charge < -0.3 is 18.9 Å². The normalized spacial score (nSPS) is 13.4. The molecule has 9 nitrogen and oxygen atoms in total. The van der Waals surface area contributed by atoms with E-state index in [-0.39, 0.29) is 30.6 Å². The van der Waals surface area contributed by atoms with Gasteiger partial charge in [-0.25, -0.2) is 13.4 Å². The van der Waals surface area contributed by atoms with E-state index in [1.54, 1.807) is 45.0 Å². The van der Waals surface area contributed by atoms with Gasteiger partial charge in [0.15, 0.2) is 0 Å². The molecule has 4 rings (SSSR count). The summed E-state index contributed by atoms with van der Waals surface area (Å²) in [6, 6.07) is 11.5. The summed E-state index contributed by atoms with van der Waals surface area (Å²) in [4.78, 5) is 19.3. The van der Waals surface area contributed by atoms with Gasteiger partial charge in [0.2, 0.25) is 15.9 Å². The quantitative estimate of drug-likeness (QED) is 0.335. The van der Waals surface area contributed by atoms with E-state index in [0.29, 0.717) is 23.4 Å². The van der Waals surface area contributed by atoms with E-state index < -0.39 is 10.0 Å². The molecule has 0 unspecified atom stereocenters. The number of hydrogen-bond acceptors (Lipinski definition) is 6. The Morgan fingerprint density at radius 3 is 2.41 bits per heavy atom. The number of benzene rings is 2. The number of sulfonamides is 1. The van der Waals surface area contributed by atoms with Gasteiger partial charge in [-0.05, 0) is 55.5 Å². The van der Waals surface area contributed by atoms with Crippen LogP contribution in [0.25, 0.3) is 11.3 Å². The smallest absolute Gasteiger partial charge is 0.248 e. The molecule has 0 fully saturated rings. The van der Waals surface area contributed by atoms with E-state index >= 15 is 0 Å². The van der Waals surface area contributed by atoms with Gasteiger partial charge in [-0.2, -0.15) is 4.31 Å². The second-order valence-electron chi connectivity index (χ2n) is 10.1. The number of fused-ring (bicyclic) bond motifs is 1. The molecule has 10 heteroatoms. The molecule has 1 aromatic heterocycles. The molecule has 210 valence electrons. The summed E-state index contributed by atoms with van der Waals surface area (Å²) in [6.07, 6.45) is 5.54. The van der Waals surface area contributed by atoms with Crippen molar-refractivity contribution in [2.75, 3.05) is 41.0 Å². The lowest BCUT2D eigenvalue weighted by Gasteiger charge is -2.21. The maximum Gasteiger partial charge on any atom is 0.248 e. The minimum Gasteiger partial charge on any atom is -0.497 e. The summed E-state index contributed by atoms with van der Waals surface area (Å²) in [5.41, 5.74) is 4.30. The molecule has 0 atom stereocenters. The summed E-state index contributed by atoms with van der Waals surface area (Å²) in [7, 11) is 1.08. The number of aromatic nitrogens is 2. The van der Waals surface area contributed by atoms with E-state index in [4.69, 9.17) is 14.5 Å². The van der Waals surface area contributed by atoms with E-state index in [2.05, 4.69) is 10.8 Å². The highest BCUT2D eigenvalue weighted by molar-refractivity contribution is 7.89. The van der Waals surface area contributed by atoms with Crippen LogP contribution in [0.1, 0.15) is 35.4 Å². The van der Waals surface area contributed by atoms with Crippen molar-refractivity contribution in [2.24, 2.45) is 0 Å². The standard InChI is InChI=1S/C29H38N4O5S/c1-21-16-25(37-5)17-22(2)29(21)39(35,36)32(4)14-15-38-20-28(34)31(3)18-23-9-11-24(12-10-23)26-19-33-13-7-6-8-27(33)30-26/h9-12,16-17,19H,6-8,13-15,18,20H2,1-5H3. The number of imidazole rings is 1. The largest absolute Gasteiger partial charge is 0.497 e. The van der Waals surface area contributed by atoms with Gasteiger partial charge in [0.25, 0.3) is 0 Å². The van der Waals surface area contributed by atoms with Gasteiger partial charge in [0.05, 0.1) is 24.3 Å². The number of nitrogens with zero attached hydrogens (tertiary/aromatic N) is 4. The first kappa shape index (κ1) is 28.8.